The van der Waals surface area contributed by atoms with E-state index >= 15 is 0 Å². The van der Waals surface area contributed by atoms with Gasteiger partial charge in [0.25, 0.3) is 0 Å². The number of nitriles is 1. The fourth-order valence-electron chi connectivity index (χ4n) is 5.01. The Kier molecular flexibility index (Phi) is 5.54. The Balaban J connectivity index is 1.39. The van der Waals surface area contributed by atoms with Crippen LogP contribution in [0.4, 0.5) is 5.82 Å². The van der Waals surface area contributed by atoms with Crippen molar-refractivity contribution in [2.24, 2.45) is 0 Å². The van der Waals surface area contributed by atoms with Crippen LogP contribution in [0, 0.1) is 23.2 Å². The van der Waals surface area contributed by atoms with E-state index in [1.165, 1.54) is 12.4 Å². The Morgan fingerprint density at radius 3 is 2.84 bits per heavy atom. The Hall–Kier alpha value is -4.41. The molecule has 2 N–H and O–H groups in total. The number of rotatable bonds is 4. The summed E-state index contributed by atoms with van der Waals surface area (Å²) in [6.45, 7) is 3.96. The molecule has 6 rings (SSSR count). The van der Waals surface area contributed by atoms with Crippen LogP contribution >= 0.6 is 11.6 Å². The normalized spacial score (nSPS) is 19.1. The molecule has 10 nitrogen and oxygen atoms in total. The van der Waals surface area contributed by atoms with Gasteiger partial charge in [-0.1, -0.05) is 24.1 Å². The molecule has 1 amide bonds. The number of aromatic nitrogens is 6. The van der Waals surface area contributed by atoms with Crippen LogP contribution in [0.3, 0.4) is 0 Å². The monoisotopic (exact) mass is 511 g/mol. The number of carbonyl (C=O) groups excluding carboxylic acids is 1. The molecule has 1 unspecified atom stereocenters. The number of amides is 1. The molecule has 4 heterocycles. The summed E-state index contributed by atoms with van der Waals surface area (Å²) in [6, 6.07) is 6.00. The van der Waals surface area contributed by atoms with Crippen molar-refractivity contribution in [2.45, 2.75) is 43.8 Å². The minimum Gasteiger partial charge on any atom is -0.383 e. The first-order valence-corrected chi connectivity index (χ1v) is 12.3. The van der Waals surface area contributed by atoms with Gasteiger partial charge in [0, 0.05) is 24.2 Å². The van der Waals surface area contributed by atoms with Crippen LogP contribution < -0.4 is 5.73 Å². The summed E-state index contributed by atoms with van der Waals surface area (Å²) < 4.78 is 3.90. The predicted molar refractivity (Wildman–Crippen MR) is 138 cm³/mol. The van der Waals surface area contributed by atoms with Crippen LogP contribution in [-0.2, 0) is 4.79 Å². The van der Waals surface area contributed by atoms with Crippen molar-refractivity contribution in [1.29, 1.82) is 5.26 Å². The van der Waals surface area contributed by atoms with Gasteiger partial charge in [0.1, 0.15) is 17.8 Å². The van der Waals surface area contributed by atoms with Crippen molar-refractivity contribution >= 4 is 45.4 Å². The number of anilines is 1. The van der Waals surface area contributed by atoms with E-state index in [9.17, 15) is 10.1 Å². The van der Waals surface area contributed by atoms with Gasteiger partial charge in [-0.05, 0) is 43.4 Å². The summed E-state index contributed by atoms with van der Waals surface area (Å²) in [5.74, 6) is 6.27. The van der Waals surface area contributed by atoms with Gasteiger partial charge in [0.15, 0.2) is 5.65 Å². The van der Waals surface area contributed by atoms with Gasteiger partial charge in [0.05, 0.1) is 46.3 Å². The molecule has 2 aliphatic rings. The number of nitrogens with zero attached hydrogens (tertiary/aromatic N) is 8. The van der Waals surface area contributed by atoms with E-state index in [2.05, 4.69) is 44.0 Å². The number of carbonyl (C=O) groups is 1. The van der Waals surface area contributed by atoms with Crippen molar-refractivity contribution in [3.05, 3.63) is 53.7 Å². The number of halogens is 1. The molecule has 0 spiro atoms. The van der Waals surface area contributed by atoms with Gasteiger partial charge in [-0.15, -0.1) is 0 Å². The number of hydrogen-bond acceptors (Lipinski definition) is 7. The Labute approximate surface area is 217 Å². The highest BCUT2D eigenvalue weighted by atomic mass is 35.5. The number of nitrogens with two attached hydrogens (primary N) is 1. The molecule has 2 atom stereocenters. The van der Waals surface area contributed by atoms with Crippen LogP contribution in [0.15, 0.2) is 37.4 Å². The van der Waals surface area contributed by atoms with E-state index in [1.807, 2.05) is 18.5 Å². The molecule has 2 fully saturated rings. The Morgan fingerprint density at radius 2 is 2.08 bits per heavy atom. The maximum atomic E-state index is 12.4. The fraction of sp³-hybridized carbons (Fsp3) is 0.308. The van der Waals surface area contributed by atoms with Crippen LogP contribution in [0.25, 0.3) is 22.1 Å². The van der Waals surface area contributed by atoms with Crippen LogP contribution in [-0.4, -0.2) is 52.7 Å². The summed E-state index contributed by atoms with van der Waals surface area (Å²) in [5, 5.41) is 15.1. The van der Waals surface area contributed by atoms with Crippen molar-refractivity contribution in [1.82, 2.24) is 34.2 Å². The van der Waals surface area contributed by atoms with Crippen LogP contribution in [0.2, 0.25) is 5.02 Å². The first-order chi connectivity index (χ1) is 18.0. The average Bonchev–Trinajstić information content (AvgIpc) is 3.35. The molecule has 11 heteroatoms. The van der Waals surface area contributed by atoms with E-state index in [0.717, 1.165) is 23.9 Å². The summed E-state index contributed by atoms with van der Waals surface area (Å²) >= 11 is 6.60. The molecule has 0 radical (unpaired) electrons. The molecule has 4 aromatic rings. The number of imidazole rings is 1. The minimum atomic E-state index is -0.241. The molecule has 0 bridgehead atoms. The Bertz CT molecular complexity index is 1680. The maximum Gasteiger partial charge on any atom is 0.246 e. The maximum absolute atomic E-state index is 12.4. The highest BCUT2D eigenvalue weighted by Gasteiger charge is 2.37. The smallest absolute Gasteiger partial charge is 0.246 e. The zero-order valence-electron chi connectivity index (χ0n) is 19.8. The fourth-order valence-corrected chi connectivity index (χ4v) is 5.21. The number of hydrogen-bond donors (Lipinski definition) is 1. The molecule has 1 aliphatic heterocycles. The highest BCUT2D eigenvalue weighted by Crippen LogP contribution is 2.38. The molecule has 3 aromatic heterocycles. The lowest BCUT2D eigenvalue weighted by Gasteiger charge is -2.20. The lowest BCUT2D eigenvalue weighted by atomic mass is 10.1. The number of likely N-dealkylation sites (tertiary alicyclic amines) is 1. The van der Waals surface area contributed by atoms with Gasteiger partial charge in [-0.3, -0.25) is 4.79 Å². The summed E-state index contributed by atoms with van der Waals surface area (Å²) in [6.07, 6.45) is 7.57. The summed E-state index contributed by atoms with van der Waals surface area (Å²) in [4.78, 5) is 27.1. The van der Waals surface area contributed by atoms with Crippen LogP contribution in [0.5, 0.6) is 0 Å². The summed E-state index contributed by atoms with van der Waals surface area (Å²) in [5.41, 5.74) is 9.62. The number of benzene rings is 1. The third kappa shape index (κ3) is 3.96. The van der Waals surface area contributed by atoms with E-state index in [0.29, 0.717) is 46.3 Å². The zero-order valence-corrected chi connectivity index (χ0v) is 20.6. The number of fused-ring (bicyclic) bond motifs is 2. The molecule has 1 saturated heterocycles. The average molecular weight is 512 g/mol. The second kappa shape index (κ2) is 8.91. The molecular weight excluding hydrogens is 490 g/mol. The van der Waals surface area contributed by atoms with Crippen molar-refractivity contribution < 1.29 is 4.79 Å². The lowest BCUT2D eigenvalue weighted by Crippen LogP contribution is -2.34. The van der Waals surface area contributed by atoms with E-state index in [-0.39, 0.29) is 30.2 Å². The van der Waals surface area contributed by atoms with Crippen molar-refractivity contribution in [3.8, 4) is 17.9 Å². The van der Waals surface area contributed by atoms with Crippen LogP contribution in [0.1, 0.15) is 49.0 Å². The van der Waals surface area contributed by atoms with Gasteiger partial charge < -0.3 is 15.2 Å². The van der Waals surface area contributed by atoms with E-state index in [1.54, 1.807) is 9.58 Å². The molecule has 1 aromatic carbocycles. The Morgan fingerprint density at radius 1 is 1.24 bits per heavy atom. The zero-order chi connectivity index (χ0) is 25.7. The molecule has 1 saturated carbocycles. The number of nitrogen functional groups attached to an aromatic ring is 1. The second-order valence-corrected chi connectivity index (χ2v) is 9.71. The topological polar surface area (TPSA) is 132 Å². The second-order valence-electron chi connectivity index (χ2n) is 9.30. The highest BCUT2D eigenvalue weighted by molar-refractivity contribution is 6.32. The predicted octanol–water partition coefficient (Wildman–Crippen LogP) is 3.39. The first kappa shape index (κ1) is 23.0. The van der Waals surface area contributed by atoms with Crippen molar-refractivity contribution in [3.63, 3.8) is 0 Å². The molecule has 1 aliphatic carbocycles. The molecule has 37 heavy (non-hydrogen) atoms. The van der Waals surface area contributed by atoms with E-state index in [4.69, 9.17) is 22.4 Å². The quantitative estimate of drug-likeness (QED) is 0.328. The molecule has 184 valence electrons. The largest absolute Gasteiger partial charge is 0.383 e. The standard InChI is InChI=1S/C26H22ClN9O/c1-2-23(37)34-12-18(10-17(34)7-8-28)36-26-24(25(29)30-13-31-26)20(33-36)6-3-15-9-21-22(11-19(15)27)35(14-32-21)16-4-5-16/h2,9,11,13-14,16-18H,1,4-5,7,10,12H2,(H2,29,30,31)/t17-,18?/m0/s1. The first-order valence-electron chi connectivity index (χ1n) is 11.9. The van der Waals surface area contributed by atoms with Crippen molar-refractivity contribution in [2.75, 3.05) is 12.3 Å². The van der Waals surface area contributed by atoms with Gasteiger partial charge >= 0.3 is 0 Å². The molecular formula is C26H22ClN9O. The van der Waals surface area contributed by atoms with E-state index < -0.39 is 0 Å². The lowest BCUT2D eigenvalue weighted by molar-refractivity contribution is -0.126. The SMILES string of the molecule is C=CC(=O)N1CC(n2nc(C#Cc3cc4ncn(C5CC5)c4cc3Cl)c3c(N)ncnc32)C[C@@H]1CC#N. The van der Waals surface area contributed by atoms with Gasteiger partial charge in [-0.25, -0.2) is 19.6 Å². The third-order valence-electron chi connectivity index (χ3n) is 6.96. The third-order valence-corrected chi connectivity index (χ3v) is 7.27. The van der Waals surface area contributed by atoms with Gasteiger partial charge in [-0.2, -0.15) is 10.4 Å². The minimum absolute atomic E-state index is 0.207. The van der Waals surface area contributed by atoms with Gasteiger partial charge in [0.2, 0.25) is 5.91 Å². The summed E-state index contributed by atoms with van der Waals surface area (Å²) in [7, 11) is 0.